The summed E-state index contributed by atoms with van der Waals surface area (Å²) in [6.45, 7) is 4.13. The Morgan fingerprint density at radius 2 is 1.96 bits per heavy atom. The molecule has 0 N–H and O–H groups in total. The van der Waals surface area contributed by atoms with Gasteiger partial charge in [0.15, 0.2) is 0 Å². The average Bonchev–Trinajstić information content (AvgIpc) is 2.99. The minimum atomic E-state index is -0.312. The lowest BCUT2D eigenvalue weighted by Crippen LogP contribution is -2.40. The molecular formula is C22H25BrN2O2. The van der Waals surface area contributed by atoms with Crippen molar-refractivity contribution >= 4 is 27.5 Å². The first-order valence-electron chi connectivity index (χ1n) is 9.18. The second-order valence-corrected chi connectivity index (χ2v) is 8.37. The van der Waals surface area contributed by atoms with Crippen molar-refractivity contribution in [3.63, 3.8) is 0 Å². The van der Waals surface area contributed by atoms with Gasteiger partial charge in [-0.3, -0.25) is 4.79 Å². The maximum Gasteiger partial charge on any atom is 0.243 e. The lowest BCUT2D eigenvalue weighted by molar-refractivity contribution is -0.135. The second kappa shape index (κ2) is 8.26. The SMILES string of the molecule is COc1cccc(C2=NN(C(=O)CCCc3ccc(Br)cc3)C(C)(C)C2)c1. The van der Waals surface area contributed by atoms with Crippen molar-refractivity contribution in [3.8, 4) is 5.75 Å². The van der Waals surface area contributed by atoms with E-state index in [9.17, 15) is 4.79 Å². The smallest absolute Gasteiger partial charge is 0.243 e. The Morgan fingerprint density at radius 3 is 2.67 bits per heavy atom. The zero-order valence-electron chi connectivity index (χ0n) is 16.0. The Hall–Kier alpha value is -2.14. The molecule has 1 heterocycles. The number of aryl methyl sites for hydroxylation is 1. The molecule has 0 aliphatic carbocycles. The van der Waals surface area contributed by atoms with E-state index in [-0.39, 0.29) is 11.4 Å². The van der Waals surface area contributed by atoms with E-state index in [2.05, 4.69) is 47.0 Å². The van der Waals surface area contributed by atoms with Crippen molar-refractivity contribution in [1.29, 1.82) is 0 Å². The molecule has 0 aromatic heterocycles. The lowest BCUT2D eigenvalue weighted by Gasteiger charge is -2.28. The average molecular weight is 429 g/mol. The van der Waals surface area contributed by atoms with Crippen LogP contribution in [0.1, 0.15) is 44.2 Å². The van der Waals surface area contributed by atoms with Gasteiger partial charge in [-0.25, -0.2) is 5.01 Å². The molecule has 0 spiro atoms. The molecule has 1 aliphatic heterocycles. The molecule has 0 radical (unpaired) electrons. The van der Waals surface area contributed by atoms with Gasteiger partial charge in [0.05, 0.1) is 18.4 Å². The van der Waals surface area contributed by atoms with E-state index in [1.807, 2.05) is 36.4 Å². The highest BCUT2D eigenvalue weighted by Gasteiger charge is 2.38. The van der Waals surface area contributed by atoms with Crippen LogP contribution in [0.25, 0.3) is 0 Å². The summed E-state index contributed by atoms with van der Waals surface area (Å²) < 4.78 is 6.37. The van der Waals surface area contributed by atoms with Crippen LogP contribution in [0.3, 0.4) is 0 Å². The third-order valence-electron chi connectivity index (χ3n) is 4.80. The number of halogens is 1. The van der Waals surface area contributed by atoms with Gasteiger partial charge in [0.25, 0.3) is 0 Å². The van der Waals surface area contributed by atoms with Crippen LogP contribution in [-0.2, 0) is 11.2 Å². The lowest BCUT2D eigenvalue weighted by atomic mass is 9.94. The number of nitrogens with zero attached hydrogens (tertiary/aromatic N) is 2. The monoisotopic (exact) mass is 428 g/mol. The van der Waals surface area contributed by atoms with E-state index in [4.69, 9.17) is 4.74 Å². The van der Waals surface area contributed by atoms with Crippen LogP contribution >= 0.6 is 15.9 Å². The van der Waals surface area contributed by atoms with Gasteiger partial charge >= 0.3 is 0 Å². The summed E-state index contributed by atoms with van der Waals surface area (Å²) >= 11 is 3.44. The fourth-order valence-corrected chi connectivity index (χ4v) is 3.60. The Kier molecular flexibility index (Phi) is 6.00. The summed E-state index contributed by atoms with van der Waals surface area (Å²) in [7, 11) is 1.65. The standard InChI is InChI=1S/C22H25BrN2O2/c1-22(2)15-20(17-7-5-8-19(14-17)27-3)24-25(22)21(26)9-4-6-16-10-12-18(23)13-11-16/h5,7-8,10-14H,4,6,9,15H2,1-3H3. The molecule has 4 nitrogen and oxygen atoms in total. The van der Waals surface area contributed by atoms with Crippen LogP contribution in [0.15, 0.2) is 58.1 Å². The van der Waals surface area contributed by atoms with Gasteiger partial charge in [0.2, 0.25) is 5.91 Å². The number of carbonyl (C=O) groups is 1. The molecule has 2 aromatic carbocycles. The molecule has 1 aliphatic rings. The number of benzene rings is 2. The largest absolute Gasteiger partial charge is 0.497 e. The van der Waals surface area contributed by atoms with E-state index in [0.717, 1.165) is 40.8 Å². The zero-order chi connectivity index (χ0) is 19.4. The first-order valence-corrected chi connectivity index (χ1v) is 9.98. The highest BCUT2D eigenvalue weighted by Crippen LogP contribution is 2.31. The van der Waals surface area contributed by atoms with Crippen LogP contribution in [0, 0.1) is 0 Å². The number of hydrazone groups is 1. The van der Waals surface area contributed by atoms with Gasteiger partial charge in [0, 0.05) is 22.9 Å². The van der Waals surface area contributed by atoms with Crippen LogP contribution < -0.4 is 4.74 Å². The Morgan fingerprint density at radius 1 is 1.22 bits per heavy atom. The predicted octanol–water partition coefficient (Wildman–Crippen LogP) is 5.20. The topological polar surface area (TPSA) is 41.9 Å². The summed E-state index contributed by atoms with van der Waals surface area (Å²) in [5, 5.41) is 6.33. The summed E-state index contributed by atoms with van der Waals surface area (Å²) in [4.78, 5) is 12.8. The molecule has 0 unspecified atom stereocenters. The normalized spacial score (nSPS) is 15.6. The Labute approximate surface area is 169 Å². The Balaban J connectivity index is 1.65. The summed E-state index contributed by atoms with van der Waals surface area (Å²) in [5.74, 6) is 0.877. The van der Waals surface area contributed by atoms with Gasteiger partial charge in [0.1, 0.15) is 5.75 Å². The second-order valence-electron chi connectivity index (χ2n) is 7.45. The van der Waals surface area contributed by atoms with E-state index in [1.54, 1.807) is 12.1 Å². The van der Waals surface area contributed by atoms with Crippen molar-refractivity contribution in [2.75, 3.05) is 7.11 Å². The van der Waals surface area contributed by atoms with Gasteiger partial charge in [-0.2, -0.15) is 5.10 Å². The highest BCUT2D eigenvalue weighted by atomic mass is 79.9. The molecule has 0 atom stereocenters. The van der Waals surface area contributed by atoms with Crippen molar-refractivity contribution in [2.45, 2.75) is 45.1 Å². The number of rotatable bonds is 6. The minimum absolute atomic E-state index is 0.0787. The van der Waals surface area contributed by atoms with Crippen molar-refractivity contribution in [3.05, 3.63) is 64.1 Å². The van der Waals surface area contributed by atoms with E-state index < -0.39 is 0 Å². The number of amides is 1. The Bertz CT molecular complexity index is 844. The quantitative estimate of drug-likeness (QED) is 0.634. The number of hydrogen-bond acceptors (Lipinski definition) is 3. The molecule has 0 saturated carbocycles. The molecule has 27 heavy (non-hydrogen) atoms. The van der Waals surface area contributed by atoms with Crippen molar-refractivity contribution < 1.29 is 9.53 Å². The van der Waals surface area contributed by atoms with E-state index in [1.165, 1.54) is 5.56 Å². The highest BCUT2D eigenvalue weighted by molar-refractivity contribution is 9.10. The summed E-state index contributed by atoms with van der Waals surface area (Å²) in [6.07, 6.45) is 2.93. The molecule has 142 valence electrons. The van der Waals surface area contributed by atoms with E-state index >= 15 is 0 Å². The zero-order valence-corrected chi connectivity index (χ0v) is 17.6. The van der Waals surface area contributed by atoms with Crippen LogP contribution in [0.5, 0.6) is 5.75 Å². The fourth-order valence-electron chi connectivity index (χ4n) is 3.33. The maximum absolute atomic E-state index is 12.8. The number of ether oxygens (including phenoxy) is 1. The molecule has 3 rings (SSSR count). The fraction of sp³-hybridized carbons (Fsp3) is 0.364. The molecule has 0 bridgehead atoms. The number of carbonyl (C=O) groups excluding carboxylic acids is 1. The third kappa shape index (κ3) is 4.78. The van der Waals surface area contributed by atoms with Crippen LogP contribution in [-0.4, -0.2) is 29.3 Å². The molecular weight excluding hydrogens is 404 g/mol. The predicted molar refractivity (Wildman–Crippen MR) is 112 cm³/mol. The molecule has 0 fully saturated rings. The van der Waals surface area contributed by atoms with Gasteiger partial charge in [-0.15, -0.1) is 0 Å². The van der Waals surface area contributed by atoms with Crippen molar-refractivity contribution in [1.82, 2.24) is 5.01 Å². The molecule has 1 amide bonds. The molecule has 2 aromatic rings. The first kappa shape index (κ1) is 19.6. The molecule has 0 saturated heterocycles. The number of methoxy groups -OCH3 is 1. The molecule has 5 heteroatoms. The van der Waals surface area contributed by atoms with Gasteiger partial charge in [-0.05, 0) is 56.5 Å². The maximum atomic E-state index is 12.8. The summed E-state index contributed by atoms with van der Waals surface area (Å²) in [5.41, 5.74) is 2.87. The number of hydrogen-bond donors (Lipinski definition) is 0. The first-order chi connectivity index (χ1) is 12.9. The van der Waals surface area contributed by atoms with Gasteiger partial charge < -0.3 is 4.74 Å². The third-order valence-corrected chi connectivity index (χ3v) is 5.33. The van der Waals surface area contributed by atoms with Crippen molar-refractivity contribution in [2.24, 2.45) is 5.10 Å². The van der Waals surface area contributed by atoms with Crippen LogP contribution in [0.2, 0.25) is 0 Å². The summed E-state index contributed by atoms with van der Waals surface area (Å²) in [6, 6.07) is 16.1. The van der Waals surface area contributed by atoms with Crippen LogP contribution in [0.4, 0.5) is 0 Å². The van der Waals surface area contributed by atoms with Gasteiger partial charge in [-0.1, -0.05) is 40.2 Å². The minimum Gasteiger partial charge on any atom is -0.497 e. The van der Waals surface area contributed by atoms with E-state index in [0.29, 0.717) is 6.42 Å².